The molecule has 0 radical (unpaired) electrons. The van der Waals surface area contributed by atoms with E-state index in [9.17, 15) is 18.0 Å². The highest BCUT2D eigenvalue weighted by atomic mass is 32.2. The molecule has 2 N–H and O–H groups in total. The van der Waals surface area contributed by atoms with Crippen LogP contribution in [0, 0.1) is 0 Å². The van der Waals surface area contributed by atoms with E-state index in [1.807, 2.05) is 6.92 Å². The maximum atomic E-state index is 13.4. The third-order valence-corrected chi connectivity index (χ3v) is 6.75. The number of amides is 2. The van der Waals surface area contributed by atoms with Crippen molar-refractivity contribution in [2.75, 3.05) is 29.8 Å². The van der Waals surface area contributed by atoms with Crippen molar-refractivity contribution in [3.05, 3.63) is 84.4 Å². The molecular formula is C25H27N3O5S. The van der Waals surface area contributed by atoms with E-state index in [2.05, 4.69) is 10.6 Å². The van der Waals surface area contributed by atoms with Crippen LogP contribution in [0.3, 0.4) is 0 Å². The van der Waals surface area contributed by atoms with Crippen LogP contribution in [0.2, 0.25) is 0 Å². The lowest BCUT2D eigenvalue weighted by molar-refractivity contribution is -0.114. The molecule has 178 valence electrons. The van der Waals surface area contributed by atoms with Gasteiger partial charge in [0.05, 0.1) is 28.9 Å². The average Bonchev–Trinajstić information content (AvgIpc) is 2.86. The van der Waals surface area contributed by atoms with Gasteiger partial charge in [0.2, 0.25) is 5.91 Å². The Morgan fingerprint density at radius 3 is 2.21 bits per heavy atom. The largest absolute Gasteiger partial charge is 0.497 e. The van der Waals surface area contributed by atoms with Gasteiger partial charge < -0.3 is 15.4 Å². The van der Waals surface area contributed by atoms with Crippen molar-refractivity contribution in [3.8, 4) is 5.75 Å². The Bertz CT molecular complexity index is 1230. The van der Waals surface area contributed by atoms with Gasteiger partial charge in [0, 0.05) is 6.54 Å². The number of benzene rings is 3. The number of ether oxygens (including phenoxy) is 1. The van der Waals surface area contributed by atoms with Crippen LogP contribution in [0.4, 0.5) is 11.4 Å². The lowest BCUT2D eigenvalue weighted by atomic mass is 10.1. The SMILES string of the molecule is CCCNC(=O)c1ccccc1NC(=O)CN(c1ccc(OC)cc1)S(=O)(=O)c1ccccc1. The Morgan fingerprint density at radius 2 is 1.56 bits per heavy atom. The van der Waals surface area contributed by atoms with Crippen molar-refractivity contribution in [1.82, 2.24) is 5.32 Å². The molecule has 9 heteroatoms. The van der Waals surface area contributed by atoms with E-state index >= 15 is 0 Å². The van der Waals surface area contributed by atoms with Crippen molar-refractivity contribution >= 4 is 33.2 Å². The topological polar surface area (TPSA) is 105 Å². The molecule has 3 aromatic carbocycles. The van der Waals surface area contributed by atoms with E-state index in [0.717, 1.165) is 10.7 Å². The number of anilines is 2. The summed E-state index contributed by atoms with van der Waals surface area (Å²) in [5.74, 6) is -0.356. The molecule has 0 heterocycles. The van der Waals surface area contributed by atoms with Gasteiger partial charge in [0.1, 0.15) is 12.3 Å². The summed E-state index contributed by atoms with van der Waals surface area (Å²) in [6.45, 7) is 1.95. The third kappa shape index (κ3) is 5.93. The molecule has 0 aromatic heterocycles. The van der Waals surface area contributed by atoms with E-state index < -0.39 is 22.5 Å². The monoisotopic (exact) mass is 481 g/mol. The first-order valence-electron chi connectivity index (χ1n) is 10.8. The quantitative estimate of drug-likeness (QED) is 0.460. The molecule has 3 rings (SSSR count). The smallest absolute Gasteiger partial charge is 0.264 e. The van der Waals surface area contributed by atoms with Crippen LogP contribution in [-0.4, -0.2) is 40.4 Å². The summed E-state index contributed by atoms with van der Waals surface area (Å²) in [7, 11) is -2.54. The van der Waals surface area contributed by atoms with Gasteiger partial charge >= 0.3 is 0 Å². The predicted molar refractivity (Wildman–Crippen MR) is 132 cm³/mol. The molecular weight excluding hydrogens is 454 g/mol. The zero-order valence-corrected chi connectivity index (χ0v) is 19.8. The van der Waals surface area contributed by atoms with Crippen LogP contribution in [-0.2, 0) is 14.8 Å². The van der Waals surface area contributed by atoms with Gasteiger partial charge in [-0.2, -0.15) is 0 Å². The van der Waals surface area contributed by atoms with Gasteiger partial charge in [-0.15, -0.1) is 0 Å². The highest BCUT2D eigenvalue weighted by molar-refractivity contribution is 7.92. The summed E-state index contributed by atoms with van der Waals surface area (Å²) in [5.41, 5.74) is 0.896. The Kier molecular flexibility index (Phi) is 8.26. The van der Waals surface area contributed by atoms with Crippen LogP contribution >= 0.6 is 0 Å². The number of methoxy groups -OCH3 is 1. The molecule has 0 unspecified atom stereocenters. The molecule has 2 amide bonds. The second-order valence-corrected chi connectivity index (χ2v) is 9.23. The number of para-hydroxylation sites is 1. The lowest BCUT2D eigenvalue weighted by Gasteiger charge is -2.24. The molecule has 3 aromatic rings. The van der Waals surface area contributed by atoms with Crippen molar-refractivity contribution in [2.24, 2.45) is 0 Å². The van der Waals surface area contributed by atoms with E-state index in [4.69, 9.17) is 4.74 Å². The number of hydrogen-bond acceptors (Lipinski definition) is 5. The highest BCUT2D eigenvalue weighted by Gasteiger charge is 2.27. The molecule has 0 bridgehead atoms. The Labute approximate surface area is 199 Å². The Hall–Kier alpha value is -3.85. The van der Waals surface area contributed by atoms with Crippen LogP contribution in [0.5, 0.6) is 5.75 Å². The number of nitrogens with zero attached hydrogens (tertiary/aromatic N) is 1. The van der Waals surface area contributed by atoms with E-state index in [-0.39, 0.29) is 10.8 Å². The number of carbonyl (C=O) groups is 2. The second kappa shape index (κ2) is 11.3. The van der Waals surface area contributed by atoms with Crippen molar-refractivity contribution < 1.29 is 22.7 Å². The predicted octanol–water partition coefficient (Wildman–Crippen LogP) is 3.67. The summed E-state index contributed by atoms with van der Waals surface area (Å²) < 4.78 is 33.0. The molecule has 0 atom stereocenters. The van der Waals surface area contributed by atoms with Crippen molar-refractivity contribution in [1.29, 1.82) is 0 Å². The maximum Gasteiger partial charge on any atom is 0.264 e. The fraction of sp³-hybridized carbons (Fsp3) is 0.200. The molecule has 0 saturated carbocycles. The number of hydrogen-bond donors (Lipinski definition) is 2. The summed E-state index contributed by atoms with van der Waals surface area (Å²) in [5, 5.41) is 5.46. The van der Waals surface area contributed by atoms with Crippen LogP contribution in [0.15, 0.2) is 83.8 Å². The van der Waals surface area contributed by atoms with Gasteiger partial charge in [-0.25, -0.2) is 8.42 Å². The van der Waals surface area contributed by atoms with Crippen LogP contribution < -0.4 is 19.7 Å². The first-order chi connectivity index (χ1) is 16.4. The Morgan fingerprint density at radius 1 is 0.912 bits per heavy atom. The summed E-state index contributed by atoms with van der Waals surface area (Å²) in [4.78, 5) is 25.5. The molecule has 0 fully saturated rings. The first-order valence-corrected chi connectivity index (χ1v) is 12.2. The molecule has 0 aliphatic rings. The maximum absolute atomic E-state index is 13.4. The van der Waals surface area contributed by atoms with Gasteiger partial charge in [-0.3, -0.25) is 13.9 Å². The van der Waals surface area contributed by atoms with Gasteiger partial charge in [-0.05, 0) is 55.0 Å². The summed E-state index contributed by atoms with van der Waals surface area (Å²) >= 11 is 0. The zero-order valence-electron chi connectivity index (χ0n) is 19.0. The van der Waals surface area contributed by atoms with Gasteiger partial charge in [0.25, 0.3) is 15.9 Å². The average molecular weight is 482 g/mol. The lowest BCUT2D eigenvalue weighted by Crippen LogP contribution is -2.38. The normalized spacial score (nSPS) is 10.9. The Balaban J connectivity index is 1.90. The van der Waals surface area contributed by atoms with Crippen LogP contribution in [0.1, 0.15) is 23.7 Å². The van der Waals surface area contributed by atoms with Gasteiger partial charge in [0.15, 0.2) is 0 Å². The molecule has 0 spiro atoms. The van der Waals surface area contributed by atoms with Crippen molar-refractivity contribution in [3.63, 3.8) is 0 Å². The number of rotatable bonds is 10. The van der Waals surface area contributed by atoms with Crippen LogP contribution in [0.25, 0.3) is 0 Å². The zero-order chi connectivity index (χ0) is 24.6. The molecule has 0 aliphatic carbocycles. The molecule has 8 nitrogen and oxygen atoms in total. The number of carbonyl (C=O) groups excluding carboxylic acids is 2. The molecule has 34 heavy (non-hydrogen) atoms. The summed E-state index contributed by atoms with van der Waals surface area (Å²) in [6.07, 6.45) is 0.772. The minimum atomic E-state index is -4.05. The fourth-order valence-electron chi connectivity index (χ4n) is 3.23. The van der Waals surface area contributed by atoms with Crippen molar-refractivity contribution in [2.45, 2.75) is 18.2 Å². The minimum absolute atomic E-state index is 0.0537. The highest BCUT2D eigenvalue weighted by Crippen LogP contribution is 2.26. The van der Waals surface area contributed by atoms with Gasteiger partial charge in [-0.1, -0.05) is 37.3 Å². The minimum Gasteiger partial charge on any atom is -0.497 e. The fourth-order valence-corrected chi connectivity index (χ4v) is 4.67. The molecule has 0 saturated heterocycles. The standard InChI is InChI=1S/C25H27N3O5S/c1-3-17-26-25(30)22-11-7-8-12-23(22)27-24(29)18-28(19-13-15-20(33-2)16-14-19)34(31,32)21-9-5-4-6-10-21/h4-16H,3,17-18H2,1-2H3,(H,26,30)(H,27,29). The van der Waals surface area contributed by atoms with E-state index in [1.54, 1.807) is 66.7 Å². The number of sulfonamides is 1. The van der Waals surface area contributed by atoms with E-state index in [1.165, 1.54) is 19.2 Å². The first kappa shape index (κ1) is 24.8. The van der Waals surface area contributed by atoms with E-state index in [0.29, 0.717) is 29.2 Å². The summed E-state index contributed by atoms with van der Waals surface area (Å²) in [6, 6.07) is 20.8. The second-order valence-electron chi connectivity index (χ2n) is 7.37. The number of nitrogens with one attached hydrogen (secondary N) is 2. The third-order valence-electron chi connectivity index (χ3n) is 4.96. The molecule has 0 aliphatic heterocycles.